The van der Waals surface area contributed by atoms with Gasteiger partial charge in [-0.2, -0.15) is 0 Å². The highest BCUT2D eigenvalue weighted by molar-refractivity contribution is 6.00. The summed E-state index contributed by atoms with van der Waals surface area (Å²) in [6, 6.07) is 0. The first-order valence-electron chi connectivity index (χ1n) is 7.12. The van der Waals surface area contributed by atoms with Gasteiger partial charge in [-0.3, -0.25) is 14.4 Å². The molecule has 0 amide bonds. The Kier molecular flexibility index (Phi) is 8.85. The van der Waals surface area contributed by atoms with Gasteiger partial charge < -0.3 is 9.47 Å². The fraction of sp³-hybridized carbons (Fsp3) is 0.588. The van der Waals surface area contributed by atoms with E-state index in [1.54, 1.807) is 26.8 Å². The van der Waals surface area contributed by atoms with Gasteiger partial charge in [0.25, 0.3) is 0 Å². The average molecular weight is 308 g/mol. The molecule has 0 N–H and O–H groups in total. The molecule has 0 rings (SSSR count). The molecule has 0 bridgehead atoms. The minimum absolute atomic E-state index is 0.00455. The van der Waals surface area contributed by atoms with Crippen LogP contribution in [-0.4, -0.2) is 31.9 Å². The Labute approximate surface area is 132 Å². The van der Waals surface area contributed by atoms with Crippen molar-refractivity contribution in [3.05, 3.63) is 12.2 Å². The van der Waals surface area contributed by atoms with Crippen molar-refractivity contribution in [3.8, 4) is 11.8 Å². The fourth-order valence-electron chi connectivity index (χ4n) is 1.87. The maximum Gasteiger partial charge on any atom is 0.324 e. The molecule has 0 aromatic carbocycles. The summed E-state index contributed by atoms with van der Waals surface area (Å²) < 4.78 is 9.51. The monoisotopic (exact) mass is 308 g/mol. The summed E-state index contributed by atoms with van der Waals surface area (Å²) in [7, 11) is 2.44. The van der Waals surface area contributed by atoms with Gasteiger partial charge in [0.1, 0.15) is 0 Å². The summed E-state index contributed by atoms with van der Waals surface area (Å²) in [5.41, 5.74) is -1.46. The van der Waals surface area contributed by atoms with Crippen LogP contribution in [0.4, 0.5) is 0 Å². The predicted octanol–water partition coefficient (Wildman–Crippen LogP) is 2.29. The fourth-order valence-corrected chi connectivity index (χ4v) is 1.87. The van der Waals surface area contributed by atoms with E-state index in [4.69, 9.17) is 9.47 Å². The molecule has 122 valence electrons. The van der Waals surface area contributed by atoms with Crippen LogP contribution in [0.2, 0.25) is 0 Å². The third kappa shape index (κ3) is 5.36. The summed E-state index contributed by atoms with van der Waals surface area (Å²) in [5, 5.41) is 0. The largest absolute Gasteiger partial charge is 0.468 e. The molecule has 5 nitrogen and oxygen atoms in total. The van der Waals surface area contributed by atoms with Gasteiger partial charge in [-0.25, -0.2) is 0 Å². The minimum atomic E-state index is -1.46. The van der Waals surface area contributed by atoms with Crippen molar-refractivity contribution in [1.29, 1.82) is 0 Å². The Morgan fingerprint density at radius 3 is 2.09 bits per heavy atom. The SMILES string of the molecule is CC#CCC(CC/C=C/C(=O)C(C)C)(C(=O)OC)C(=O)OC. The Hall–Kier alpha value is -2.09. The molecule has 0 aromatic heterocycles. The number of hydrogen-bond acceptors (Lipinski definition) is 5. The van der Waals surface area contributed by atoms with Crippen molar-refractivity contribution in [2.45, 2.75) is 40.0 Å². The van der Waals surface area contributed by atoms with E-state index >= 15 is 0 Å². The number of rotatable bonds is 8. The number of carbonyl (C=O) groups excluding carboxylic acids is 3. The molecule has 0 spiro atoms. The van der Waals surface area contributed by atoms with Crippen LogP contribution in [0.15, 0.2) is 12.2 Å². The Bertz CT molecular complexity index is 475. The van der Waals surface area contributed by atoms with E-state index in [-0.39, 0.29) is 24.5 Å². The molecule has 0 saturated carbocycles. The van der Waals surface area contributed by atoms with Crippen LogP contribution in [-0.2, 0) is 23.9 Å². The molecule has 5 heteroatoms. The zero-order valence-electron chi connectivity index (χ0n) is 13.9. The number of hydrogen-bond donors (Lipinski definition) is 0. The Balaban J connectivity index is 5.21. The molecule has 0 fully saturated rings. The molecular weight excluding hydrogens is 284 g/mol. The van der Waals surface area contributed by atoms with Crippen molar-refractivity contribution in [2.75, 3.05) is 14.2 Å². The number of methoxy groups -OCH3 is 2. The lowest BCUT2D eigenvalue weighted by Gasteiger charge is -2.25. The lowest BCUT2D eigenvalue weighted by molar-refractivity contribution is -0.169. The molecule has 0 aliphatic rings. The van der Waals surface area contributed by atoms with Gasteiger partial charge in [0, 0.05) is 12.3 Å². The molecule has 0 atom stereocenters. The van der Waals surface area contributed by atoms with Gasteiger partial charge >= 0.3 is 11.9 Å². The van der Waals surface area contributed by atoms with Crippen molar-refractivity contribution >= 4 is 17.7 Å². The molecule has 0 radical (unpaired) electrons. The van der Waals surface area contributed by atoms with E-state index in [1.165, 1.54) is 20.3 Å². The van der Waals surface area contributed by atoms with Crippen LogP contribution in [0.1, 0.15) is 40.0 Å². The average Bonchev–Trinajstić information content (AvgIpc) is 2.52. The number of ketones is 1. The van der Waals surface area contributed by atoms with Gasteiger partial charge in [0.15, 0.2) is 11.2 Å². The standard InChI is InChI=1S/C17H24O5/c1-6-7-11-17(15(19)21-4,16(20)22-5)12-9-8-10-14(18)13(2)3/h8,10,13H,9,11-12H2,1-5H3/b10-8+. The maximum absolute atomic E-state index is 12.1. The quantitative estimate of drug-likeness (QED) is 0.298. The lowest BCUT2D eigenvalue weighted by Crippen LogP contribution is -2.41. The van der Waals surface area contributed by atoms with Crippen molar-refractivity contribution in [1.82, 2.24) is 0 Å². The smallest absolute Gasteiger partial charge is 0.324 e. The van der Waals surface area contributed by atoms with E-state index in [0.717, 1.165) is 0 Å². The van der Waals surface area contributed by atoms with Crippen LogP contribution in [0, 0.1) is 23.2 Å². The second-order valence-corrected chi connectivity index (χ2v) is 5.17. The summed E-state index contributed by atoms with van der Waals surface area (Å²) in [5.74, 6) is 3.97. The van der Waals surface area contributed by atoms with E-state index in [9.17, 15) is 14.4 Å². The van der Waals surface area contributed by atoms with Gasteiger partial charge in [0.05, 0.1) is 14.2 Å². The van der Waals surface area contributed by atoms with Crippen molar-refractivity contribution < 1.29 is 23.9 Å². The van der Waals surface area contributed by atoms with Crippen molar-refractivity contribution in [2.24, 2.45) is 11.3 Å². The highest BCUT2D eigenvalue weighted by Crippen LogP contribution is 2.31. The normalized spacial score (nSPS) is 11.0. The molecule has 0 aliphatic carbocycles. The third-order valence-electron chi connectivity index (χ3n) is 3.31. The van der Waals surface area contributed by atoms with Crippen LogP contribution in [0.3, 0.4) is 0 Å². The van der Waals surface area contributed by atoms with Gasteiger partial charge in [-0.1, -0.05) is 19.9 Å². The molecule has 0 unspecified atom stereocenters. The van der Waals surface area contributed by atoms with Gasteiger partial charge in [0.2, 0.25) is 0 Å². The van der Waals surface area contributed by atoms with E-state index < -0.39 is 17.4 Å². The van der Waals surface area contributed by atoms with Crippen LogP contribution in [0.5, 0.6) is 0 Å². The first-order valence-corrected chi connectivity index (χ1v) is 7.12. The second-order valence-electron chi connectivity index (χ2n) is 5.17. The summed E-state index contributed by atoms with van der Waals surface area (Å²) in [4.78, 5) is 35.7. The molecule has 22 heavy (non-hydrogen) atoms. The number of allylic oxidation sites excluding steroid dienone is 2. The molecule has 0 heterocycles. The van der Waals surface area contributed by atoms with Crippen LogP contribution in [0.25, 0.3) is 0 Å². The Morgan fingerprint density at radius 2 is 1.68 bits per heavy atom. The van der Waals surface area contributed by atoms with E-state index in [2.05, 4.69) is 11.8 Å². The zero-order chi connectivity index (χ0) is 17.2. The molecular formula is C17H24O5. The number of esters is 2. The highest BCUT2D eigenvalue weighted by atomic mass is 16.5. The van der Waals surface area contributed by atoms with Crippen LogP contribution < -0.4 is 0 Å². The summed E-state index contributed by atoms with van der Waals surface area (Å²) in [6.45, 7) is 5.23. The summed E-state index contributed by atoms with van der Waals surface area (Å²) in [6.07, 6.45) is 3.68. The maximum atomic E-state index is 12.1. The highest BCUT2D eigenvalue weighted by Gasteiger charge is 2.47. The first-order chi connectivity index (χ1) is 10.4. The van der Waals surface area contributed by atoms with Crippen LogP contribution >= 0.6 is 0 Å². The lowest BCUT2D eigenvalue weighted by atomic mass is 9.80. The van der Waals surface area contributed by atoms with E-state index in [0.29, 0.717) is 6.42 Å². The van der Waals surface area contributed by atoms with E-state index in [1.807, 2.05) is 0 Å². The third-order valence-corrected chi connectivity index (χ3v) is 3.31. The second kappa shape index (κ2) is 9.78. The molecule has 0 aromatic rings. The van der Waals surface area contributed by atoms with Crippen molar-refractivity contribution in [3.63, 3.8) is 0 Å². The molecule has 0 aliphatic heterocycles. The Morgan fingerprint density at radius 1 is 1.14 bits per heavy atom. The number of ether oxygens (including phenoxy) is 2. The van der Waals surface area contributed by atoms with Gasteiger partial charge in [-0.05, 0) is 25.8 Å². The zero-order valence-corrected chi connectivity index (χ0v) is 13.9. The minimum Gasteiger partial charge on any atom is -0.468 e. The predicted molar refractivity (Wildman–Crippen MR) is 82.8 cm³/mol. The molecule has 0 saturated heterocycles. The topological polar surface area (TPSA) is 69.7 Å². The first kappa shape index (κ1) is 19.9. The number of carbonyl (C=O) groups is 3. The van der Waals surface area contributed by atoms with Gasteiger partial charge in [-0.15, -0.1) is 11.8 Å². The summed E-state index contributed by atoms with van der Waals surface area (Å²) >= 11 is 0.